The Kier molecular flexibility index (Phi) is 7.50. The molecule has 1 saturated heterocycles. The SMILES string of the molecule is CCCC1CCCN(CCCCC(C)=O)CC1. The van der Waals surface area contributed by atoms with Gasteiger partial charge in [0.05, 0.1) is 0 Å². The molecule has 0 saturated carbocycles. The lowest BCUT2D eigenvalue weighted by Crippen LogP contribution is -2.26. The van der Waals surface area contributed by atoms with Crippen LogP contribution in [0.25, 0.3) is 0 Å². The first kappa shape index (κ1) is 14.7. The number of hydrogen-bond donors (Lipinski definition) is 0. The van der Waals surface area contributed by atoms with Gasteiger partial charge in [0, 0.05) is 6.42 Å². The van der Waals surface area contributed by atoms with Crippen molar-refractivity contribution in [3.8, 4) is 0 Å². The van der Waals surface area contributed by atoms with Crippen molar-refractivity contribution in [3.63, 3.8) is 0 Å². The van der Waals surface area contributed by atoms with Crippen LogP contribution in [0.4, 0.5) is 0 Å². The average Bonchev–Trinajstić information content (AvgIpc) is 2.51. The van der Waals surface area contributed by atoms with E-state index in [9.17, 15) is 4.79 Å². The molecule has 1 fully saturated rings. The number of hydrogen-bond acceptors (Lipinski definition) is 2. The molecule has 0 aromatic carbocycles. The first-order chi connectivity index (χ1) is 8.22. The van der Waals surface area contributed by atoms with Gasteiger partial charge < -0.3 is 9.69 Å². The highest BCUT2D eigenvalue weighted by atomic mass is 16.1. The van der Waals surface area contributed by atoms with Gasteiger partial charge >= 0.3 is 0 Å². The smallest absolute Gasteiger partial charge is 0.129 e. The third kappa shape index (κ3) is 6.82. The Hall–Kier alpha value is -0.370. The quantitative estimate of drug-likeness (QED) is 0.632. The number of rotatable bonds is 7. The summed E-state index contributed by atoms with van der Waals surface area (Å²) in [5.41, 5.74) is 0. The summed E-state index contributed by atoms with van der Waals surface area (Å²) in [6, 6.07) is 0. The predicted molar refractivity (Wildman–Crippen MR) is 73.2 cm³/mol. The minimum absolute atomic E-state index is 0.337. The molecule has 2 heteroatoms. The predicted octanol–water partition coefficient (Wildman–Crippen LogP) is 3.65. The Morgan fingerprint density at radius 2 is 2.06 bits per heavy atom. The number of ketones is 1. The summed E-state index contributed by atoms with van der Waals surface area (Å²) >= 11 is 0. The van der Waals surface area contributed by atoms with Crippen molar-refractivity contribution in [1.82, 2.24) is 4.90 Å². The second kappa shape index (κ2) is 8.68. The van der Waals surface area contributed by atoms with Gasteiger partial charge in [-0.2, -0.15) is 0 Å². The molecule has 0 aliphatic carbocycles. The number of unbranched alkanes of at least 4 members (excludes halogenated alkanes) is 1. The molecule has 1 aliphatic heterocycles. The van der Waals surface area contributed by atoms with Crippen LogP contribution in [0, 0.1) is 5.92 Å². The number of carbonyl (C=O) groups is 1. The van der Waals surface area contributed by atoms with Crippen LogP contribution < -0.4 is 0 Å². The van der Waals surface area contributed by atoms with Crippen molar-refractivity contribution in [2.75, 3.05) is 19.6 Å². The molecule has 2 nitrogen and oxygen atoms in total. The lowest BCUT2D eigenvalue weighted by Gasteiger charge is -2.19. The minimum Gasteiger partial charge on any atom is -0.303 e. The standard InChI is InChI=1S/C15H29NO/c1-3-7-15-9-6-12-16(13-10-15)11-5-4-8-14(2)17/h15H,3-13H2,1-2H3. The molecular formula is C15H29NO. The van der Waals surface area contributed by atoms with Gasteiger partial charge in [-0.05, 0) is 64.6 Å². The number of carbonyl (C=O) groups excluding carboxylic acids is 1. The molecule has 1 aliphatic rings. The molecule has 0 N–H and O–H groups in total. The summed E-state index contributed by atoms with van der Waals surface area (Å²) in [5.74, 6) is 1.31. The molecule has 100 valence electrons. The second-order valence-corrected chi connectivity index (χ2v) is 5.59. The van der Waals surface area contributed by atoms with Crippen molar-refractivity contribution in [3.05, 3.63) is 0 Å². The third-order valence-corrected chi connectivity index (χ3v) is 3.89. The zero-order valence-corrected chi connectivity index (χ0v) is 11.7. The van der Waals surface area contributed by atoms with Gasteiger partial charge in [-0.3, -0.25) is 0 Å². The molecule has 0 bridgehead atoms. The van der Waals surface area contributed by atoms with Crippen LogP contribution in [0.5, 0.6) is 0 Å². The van der Waals surface area contributed by atoms with E-state index in [-0.39, 0.29) is 0 Å². The highest BCUT2D eigenvalue weighted by molar-refractivity contribution is 5.75. The lowest BCUT2D eigenvalue weighted by atomic mass is 9.96. The summed E-state index contributed by atoms with van der Waals surface area (Å²) < 4.78 is 0. The fourth-order valence-corrected chi connectivity index (χ4v) is 2.85. The second-order valence-electron chi connectivity index (χ2n) is 5.59. The summed E-state index contributed by atoms with van der Waals surface area (Å²) in [6.45, 7) is 7.75. The Morgan fingerprint density at radius 3 is 2.76 bits per heavy atom. The van der Waals surface area contributed by atoms with E-state index in [1.54, 1.807) is 6.92 Å². The summed E-state index contributed by atoms with van der Waals surface area (Å²) in [7, 11) is 0. The normalized spacial score (nSPS) is 22.4. The van der Waals surface area contributed by atoms with Gasteiger partial charge in [-0.1, -0.05) is 19.8 Å². The van der Waals surface area contributed by atoms with Gasteiger partial charge in [-0.25, -0.2) is 0 Å². The zero-order chi connectivity index (χ0) is 12.5. The number of likely N-dealkylation sites (tertiary alicyclic amines) is 1. The van der Waals surface area contributed by atoms with E-state index in [0.717, 1.165) is 18.8 Å². The molecule has 1 atom stereocenters. The highest BCUT2D eigenvalue weighted by Crippen LogP contribution is 2.22. The van der Waals surface area contributed by atoms with Crippen LogP contribution in [0.1, 0.15) is 65.2 Å². The van der Waals surface area contributed by atoms with Crippen LogP contribution in [0.3, 0.4) is 0 Å². The molecule has 0 spiro atoms. The van der Waals surface area contributed by atoms with Gasteiger partial charge in [-0.15, -0.1) is 0 Å². The molecule has 1 unspecified atom stereocenters. The van der Waals surface area contributed by atoms with Crippen LogP contribution in [0.15, 0.2) is 0 Å². The molecule has 17 heavy (non-hydrogen) atoms. The highest BCUT2D eigenvalue weighted by Gasteiger charge is 2.15. The summed E-state index contributed by atoms with van der Waals surface area (Å²) in [4.78, 5) is 13.5. The molecule has 0 radical (unpaired) electrons. The number of Topliss-reactive ketones (excluding diaryl/α,β-unsaturated/α-hetero) is 1. The molecular weight excluding hydrogens is 210 g/mol. The van der Waals surface area contributed by atoms with E-state index in [1.165, 1.54) is 58.2 Å². The van der Waals surface area contributed by atoms with Gasteiger partial charge in [0.1, 0.15) is 5.78 Å². The van der Waals surface area contributed by atoms with Gasteiger partial charge in [0.15, 0.2) is 0 Å². The Balaban J connectivity index is 2.11. The Labute approximate surface area is 107 Å². The largest absolute Gasteiger partial charge is 0.303 e. The van der Waals surface area contributed by atoms with Crippen LogP contribution in [0.2, 0.25) is 0 Å². The topological polar surface area (TPSA) is 20.3 Å². The van der Waals surface area contributed by atoms with E-state index in [1.807, 2.05) is 0 Å². The Morgan fingerprint density at radius 1 is 1.24 bits per heavy atom. The zero-order valence-electron chi connectivity index (χ0n) is 11.7. The van der Waals surface area contributed by atoms with E-state index < -0.39 is 0 Å². The fraction of sp³-hybridized carbons (Fsp3) is 0.933. The van der Waals surface area contributed by atoms with Gasteiger partial charge in [0.25, 0.3) is 0 Å². The average molecular weight is 239 g/mol. The molecule has 1 rings (SSSR count). The fourth-order valence-electron chi connectivity index (χ4n) is 2.85. The molecule has 0 amide bonds. The van der Waals surface area contributed by atoms with E-state index in [0.29, 0.717) is 5.78 Å². The van der Waals surface area contributed by atoms with Gasteiger partial charge in [0.2, 0.25) is 0 Å². The maximum Gasteiger partial charge on any atom is 0.129 e. The molecule has 1 heterocycles. The first-order valence-corrected chi connectivity index (χ1v) is 7.44. The van der Waals surface area contributed by atoms with E-state index in [4.69, 9.17) is 0 Å². The van der Waals surface area contributed by atoms with Crippen molar-refractivity contribution >= 4 is 5.78 Å². The summed E-state index contributed by atoms with van der Waals surface area (Å²) in [5, 5.41) is 0. The lowest BCUT2D eigenvalue weighted by molar-refractivity contribution is -0.117. The van der Waals surface area contributed by atoms with Crippen LogP contribution in [-0.2, 0) is 4.79 Å². The summed E-state index contributed by atoms with van der Waals surface area (Å²) in [6.07, 6.45) is 9.98. The van der Waals surface area contributed by atoms with E-state index in [2.05, 4.69) is 11.8 Å². The number of nitrogens with zero attached hydrogens (tertiary/aromatic N) is 1. The van der Waals surface area contributed by atoms with Crippen molar-refractivity contribution in [2.45, 2.75) is 65.2 Å². The minimum atomic E-state index is 0.337. The van der Waals surface area contributed by atoms with Crippen molar-refractivity contribution < 1.29 is 4.79 Å². The molecule has 0 aromatic heterocycles. The van der Waals surface area contributed by atoms with Crippen molar-refractivity contribution in [1.29, 1.82) is 0 Å². The Bertz CT molecular complexity index is 215. The molecule has 0 aromatic rings. The maximum atomic E-state index is 10.9. The maximum absolute atomic E-state index is 10.9. The third-order valence-electron chi connectivity index (χ3n) is 3.89. The first-order valence-electron chi connectivity index (χ1n) is 7.44. The van der Waals surface area contributed by atoms with Crippen LogP contribution >= 0.6 is 0 Å². The van der Waals surface area contributed by atoms with Crippen molar-refractivity contribution in [2.24, 2.45) is 5.92 Å². The van der Waals surface area contributed by atoms with E-state index >= 15 is 0 Å². The monoisotopic (exact) mass is 239 g/mol. The van der Waals surface area contributed by atoms with Crippen LogP contribution in [-0.4, -0.2) is 30.3 Å².